The fourth-order valence-corrected chi connectivity index (χ4v) is 5.32. The van der Waals surface area contributed by atoms with Crippen molar-refractivity contribution >= 4 is 27.5 Å². The van der Waals surface area contributed by atoms with E-state index in [1.807, 2.05) is 51.1 Å². The van der Waals surface area contributed by atoms with Gasteiger partial charge in [-0.2, -0.15) is 0 Å². The minimum absolute atomic E-state index is 0.0900. The summed E-state index contributed by atoms with van der Waals surface area (Å²) in [5, 5.41) is 2.59. The van der Waals surface area contributed by atoms with Crippen LogP contribution in [0.3, 0.4) is 0 Å². The molecule has 0 aliphatic heterocycles. The van der Waals surface area contributed by atoms with Crippen molar-refractivity contribution in [3.8, 4) is 0 Å². The van der Waals surface area contributed by atoms with E-state index in [4.69, 9.17) is 0 Å². The molecule has 0 spiro atoms. The molecule has 0 radical (unpaired) electrons. The summed E-state index contributed by atoms with van der Waals surface area (Å²) >= 11 is 0. The summed E-state index contributed by atoms with van der Waals surface area (Å²) in [6.45, 7) is 7.03. The number of hydrogen-bond donors (Lipinski definition) is 1. The third kappa shape index (κ3) is 6.12. The standard InChI is InChI=1S/C28H33N3O4S/c1-20-13-15-26(16-14-20)36(34,35)31(25-12-8-9-21(2)17-25)19-27(32)30(23(4)28(33)29-5)18-24-11-7-6-10-22(24)3/h6-17,23H,18-19H2,1-5H3,(H,29,33)/t23-/m1/s1. The molecule has 1 N–H and O–H groups in total. The number of rotatable bonds is 9. The van der Waals surface area contributed by atoms with E-state index in [-0.39, 0.29) is 17.3 Å². The lowest BCUT2D eigenvalue weighted by molar-refractivity contribution is -0.139. The minimum Gasteiger partial charge on any atom is -0.357 e. The van der Waals surface area contributed by atoms with Crippen molar-refractivity contribution in [1.82, 2.24) is 10.2 Å². The number of likely N-dealkylation sites (N-methyl/N-ethyl adjacent to an activating group) is 1. The highest BCUT2D eigenvalue weighted by Crippen LogP contribution is 2.26. The van der Waals surface area contributed by atoms with E-state index in [0.29, 0.717) is 5.69 Å². The fraction of sp³-hybridized carbons (Fsp3) is 0.286. The first-order valence-corrected chi connectivity index (χ1v) is 13.2. The van der Waals surface area contributed by atoms with Crippen LogP contribution in [0.25, 0.3) is 0 Å². The highest BCUT2D eigenvalue weighted by atomic mass is 32.2. The van der Waals surface area contributed by atoms with Crippen LogP contribution in [0.15, 0.2) is 77.7 Å². The third-order valence-electron chi connectivity index (χ3n) is 6.19. The summed E-state index contributed by atoms with van der Waals surface area (Å²) in [5.41, 5.74) is 4.02. The second-order valence-electron chi connectivity index (χ2n) is 8.90. The number of nitrogens with zero attached hydrogens (tertiary/aromatic N) is 2. The number of carbonyl (C=O) groups is 2. The van der Waals surface area contributed by atoms with Crippen molar-refractivity contribution in [2.75, 3.05) is 17.9 Å². The first-order valence-electron chi connectivity index (χ1n) is 11.8. The zero-order valence-electron chi connectivity index (χ0n) is 21.4. The molecule has 0 bridgehead atoms. The monoisotopic (exact) mass is 507 g/mol. The molecule has 0 aromatic heterocycles. The lowest BCUT2D eigenvalue weighted by Gasteiger charge is -2.32. The molecule has 3 rings (SSSR count). The predicted molar refractivity (Wildman–Crippen MR) is 142 cm³/mol. The number of sulfonamides is 1. The van der Waals surface area contributed by atoms with Crippen LogP contribution < -0.4 is 9.62 Å². The van der Waals surface area contributed by atoms with Gasteiger partial charge in [0.1, 0.15) is 12.6 Å². The Morgan fingerprint density at radius 2 is 1.56 bits per heavy atom. The van der Waals surface area contributed by atoms with Crippen molar-refractivity contribution in [3.05, 3.63) is 95.1 Å². The smallest absolute Gasteiger partial charge is 0.264 e. The van der Waals surface area contributed by atoms with Crippen molar-refractivity contribution in [1.29, 1.82) is 0 Å². The SMILES string of the molecule is CNC(=O)[C@@H](C)N(Cc1ccccc1C)C(=O)CN(c1cccc(C)c1)S(=O)(=O)c1ccc(C)cc1. The van der Waals surface area contributed by atoms with Crippen molar-refractivity contribution in [2.45, 2.75) is 45.2 Å². The molecule has 3 aromatic carbocycles. The Bertz CT molecular complexity index is 1340. The fourth-order valence-electron chi connectivity index (χ4n) is 3.91. The van der Waals surface area contributed by atoms with E-state index in [0.717, 1.165) is 26.6 Å². The Morgan fingerprint density at radius 1 is 0.889 bits per heavy atom. The van der Waals surface area contributed by atoms with Crippen LogP contribution in [0, 0.1) is 20.8 Å². The Hall–Kier alpha value is -3.65. The molecule has 0 heterocycles. The molecule has 0 aliphatic rings. The van der Waals surface area contributed by atoms with Crippen molar-refractivity contribution < 1.29 is 18.0 Å². The molecule has 7 nitrogen and oxygen atoms in total. The van der Waals surface area contributed by atoms with Crippen LogP contribution in [0.4, 0.5) is 5.69 Å². The van der Waals surface area contributed by atoms with Gasteiger partial charge in [0, 0.05) is 13.6 Å². The van der Waals surface area contributed by atoms with Crippen molar-refractivity contribution in [3.63, 3.8) is 0 Å². The number of amides is 2. The van der Waals surface area contributed by atoms with Gasteiger partial charge < -0.3 is 10.2 Å². The second kappa shape index (κ2) is 11.4. The molecule has 190 valence electrons. The molecule has 0 unspecified atom stereocenters. The average molecular weight is 508 g/mol. The van der Waals surface area contributed by atoms with E-state index in [1.54, 1.807) is 37.3 Å². The minimum atomic E-state index is -4.06. The average Bonchev–Trinajstić information content (AvgIpc) is 2.85. The van der Waals surface area contributed by atoms with Gasteiger partial charge in [-0.25, -0.2) is 8.42 Å². The van der Waals surface area contributed by atoms with E-state index >= 15 is 0 Å². The molecular weight excluding hydrogens is 474 g/mol. The van der Waals surface area contributed by atoms with Gasteiger partial charge in [-0.3, -0.25) is 13.9 Å². The number of aryl methyl sites for hydroxylation is 3. The lowest BCUT2D eigenvalue weighted by atomic mass is 10.1. The van der Waals surface area contributed by atoms with Crippen LogP contribution in [0.5, 0.6) is 0 Å². The zero-order valence-corrected chi connectivity index (χ0v) is 22.2. The molecule has 0 saturated heterocycles. The van der Waals surface area contributed by atoms with E-state index in [2.05, 4.69) is 5.32 Å². The molecule has 0 fully saturated rings. The predicted octanol–water partition coefficient (Wildman–Crippen LogP) is 3.97. The maximum absolute atomic E-state index is 13.8. The van der Waals surface area contributed by atoms with Crippen LogP contribution >= 0.6 is 0 Å². The van der Waals surface area contributed by atoms with E-state index in [9.17, 15) is 18.0 Å². The summed E-state index contributed by atoms with van der Waals surface area (Å²) in [6.07, 6.45) is 0. The second-order valence-corrected chi connectivity index (χ2v) is 10.8. The number of hydrogen-bond acceptors (Lipinski definition) is 4. The normalized spacial score (nSPS) is 12.0. The van der Waals surface area contributed by atoms with Crippen LogP contribution in [-0.2, 0) is 26.2 Å². The quantitative estimate of drug-likeness (QED) is 0.475. The van der Waals surface area contributed by atoms with Crippen LogP contribution in [0.2, 0.25) is 0 Å². The molecule has 3 aromatic rings. The Morgan fingerprint density at radius 3 is 2.17 bits per heavy atom. The first kappa shape index (κ1) is 26.9. The molecule has 0 aliphatic carbocycles. The lowest BCUT2D eigenvalue weighted by Crippen LogP contribution is -2.50. The van der Waals surface area contributed by atoms with Gasteiger partial charge >= 0.3 is 0 Å². The Labute approximate surface area is 213 Å². The Kier molecular flexibility index (Phi) is 8.53. The van der Waals surface area contributed by atoms with Gasteiger partial charge in [-0.15, -0.1) is 0 Å². The summed E-state index contributed by atoms with van der Waals surface area (Å²) < 4.78 is 28.6. The summed E-state index contributed by atoms with van der Waals surface area (Å²) in [7, 11) is -2.55. The molecule has 1 atom stereocenters. The van der Waals surface area contributed by atoms with Gasteiger partial charge in [0.15, 0.2) is 0 Å². The summed E-state index contributed by atoms with van der Waals surface area (Å²) in [4.78, 5) is 27.8. The third-order valence-corrected chi connectivity index (χ3v) is 7.98. The maximum atomic E-state index is 13.8. The highest BCUT2D eigenvalue weighted by molar-refractivity contribution is 7.92. The largest absolute Gasteiger partial charge is 0.357 e. The Balaban J connectivity index is 2.05. The maximum Gasteiger partial charge on any atom is 0.264 e. The molecular formula is C28H33N3O4S. The molecule has 2 amide bonds. The van der Waals surface area contributed by atoms with Gasteiger partial charge in [-0.05, 0) is 68.7 Å². The number of carbonyl (C=O) groups excluding carboxylic acids is 2. The van der Waals surface area contributed by atoms with Crippen LogP contribution in [-0.4, -0.2) is 44.8 Å². The van der Waals surface area contributed by atoms with Gasteiger partial charge in [-0.1, -0.05) is 54.1 Å². The number of anilines is 1. The molecule has 0 saturated carbocycles. The van der Waals surface area contributed by atoms with Gasteiger partial charge in [0.2, 0.25) is 11.8 Å². The number of benzene rings is 3. The molecule has 36 heavy (non-hydrogen) atoms. The zero-order chi connectivity index (χ0) is 26.5. The van der Waals surface area contributed by atoms with E-state index < -0.39 is 28.5 Å². The van der Waals surface area contributed by atoms with Gasteiger partial charge in [0.05, 0.1) is 10.6 Å². The van der Waals surface area contributed by atoms with E-state index in [1.165, 1.54) is 24.1 Å². The molecule has 8 heteroatoms. The van der Waals surface area contributed by atoms with Gasteiger partial charge in [0.25, 0.3) is 10.0 Å². The summed E-state index contributed by atoms with van der Waals surface area (Å²) in [5.74, 6) is -0.813. The van der Waals surface area contributed by atoms with Crippen LogP contribution in [0.1, 0.15) is 29.2 Å². The highest BCUT2D eigenvalue weighted by Gasteiger charge is 2.32. The van der Waals surface area contributed by atoms with Crippen molar-refractivity contribution in [2.24, 2.45) is 0 Å². The first-order chi connectivity index (χ1) is 17.0. The number of nitrogens with one attached hydrogen (secondary N) is 1. The summed E-state index contributed by atoms with van der Waals surface area (Å²) in [6, 6.07) is 20.3. The topological polar surface area (TPSA) is 86.8 Å².